The number of benzene rings is 2. The lowest BCUT2D eigenvalue weighted by Gasteiger charge is -2.29. The fraction of sp³-hybridized carbons (Fsp3) is 0.353. The highest BCUT2D eigenvalue weighted by molar-refractivity contribution is 5.96. The van der Waals surface area contributed by atoms with Gasteiger partial charge in [0.15, 0.2) is 5.78 Å². The number of ketones is 1. The molecule has 2 aliphatic heterocycles. The molecule has 0 radical (unpaired) electrons. The second-order valence-electron chi connectivity index (χ2n) is 11.1. The molecule has 0 N–H and O–H groups in total. The number of carbonyl (C=O) groups is 2. The van der Waals surface area contributed by atoms with Gasteiger partial charge >= 0.3 is 5.97 Å². The van der Waals surface area contributed by atoms with E-state index in [0.717, 1.165) is 60.7 Å². The molecule has 0 saturated carbocycles. The molecule has 6 rings (SSSR count). The maximum absolute atomic E-state index is 14.5. The zero-order valence-electron chi connectivity index (χ0n) is 24.9. The van der Waals surface area contributed by atoms with Crippen molar-refractivity contribution in [2.24, 2.45) is 0 Å². The molecule has 2 aromatic heterocycles. The number of fused-ring (bicyclic) bond motifs is 1. The van der Waals surface area contributed by atoms with Crippen LogP contribution in [-0.2, 0) is 29.2 Å². The van der Waals surface area contributed by atoms with Gasteiger partial charge in [-0.3, -0.25) is 9.69 Å². The number of Topliss-reactive ketones (excluding diaryl/α,β-unsaturated/α-hetero) is 1. The predicted octanol–water partition coefficient (Wildman–Crippen LogP) is 5.61. The lowest BCUT2D eigenvalue weighted by Crippen LogP contribution is -2.33. The highest BCUT2D eigenvalue weighted by atomic mass is 19.1. The lowest BCUT2D eigenvalue weighted by atomic mass is 10.0. The zero-order chi connectivity index (χ0) is 30.6. The normalized spacial score (nSPS) is 16.8. The summed E-state index contributed by atoms with van der Waals surface area (Å²) in [5.41, 5.74) is 4.93. The highest BCUT2D eigenvalue weighted by Gasteiger charge is 2.24. The van der Waals surface area contributed by atoms with Gasteiger partial charge in [-0.15, -0.1) is 0 Å². The summed E-state index contributed by atoms with van der Waals surface area (Å²) in [7, 11) is 1.38. The van der Waals surface area contributed by atoms with E-state index in [1.807, 2.05) is 24.3 Å². The van der Waals surface area contributed by atoms with Gasteiger partial charge in [-0.05, 0) is 48.7 Å². The van der Waals surface area contributed by atoms with Crippen molar-refractivity contribution < 1.29 is 28.2 Å². The first-order chi connectivity index (χ1) is 21.4. The summed E-state index contributed by atoms with van der Waals surface area (Å²) in [6.45, 7) is 5.43. The van der Waals surface area contributed by atoms with Gasteiger partial charge in [0.1, 0.15) is 18.2 Å². The Bertz CT molecular complexity index is 1730. The van der Waals surface area contributed by atoms with Crippen molar-refractivity contribution in [2.75, 3.05) is 26.8 Å². The number of nitrogens with zero attached hydrogens (tertiary/aromatic N) is 4. The summed E-state index contributed by atoms with van der Waals surface area (Å²) >= 11 is 0. The van der Waals surface area contributed by atoms with E-state index < -0.39 is 5.82 Å². The molecule has 44 heavy (non-hydrogen) atoms. The molecule has 2 aromatic carbocycles. The summed E-state index contributed by atoms with van der Waals surface area (Å²) < 4.78 is 33.2. The van der Waals surface area contributed by atoms with Crippen molar-refractivity contribution in [2.45, 2.75) is 52.0 Å². The third-order valence-electron chi connectivity index (χ3n) is 8.21. The summed E-state index contributed by atoms with van der Waals surface area (Å²) in [6, 6.07) is 15.6. The van der Waals surface area contributed by atoms with Crippen molar-refractivity contribution >= 4 is 28.4 Å². The predicted molar refractivity (Wildman–Crippen MR) is 163 cm³/mol. The Morgan fingerprint density at radius 3 is 2.64 bits per heavy atom. The number of ether oxygens (including phenoxy) is 3. The molecular formula is C34H35FN4O5. The molecule has 4 heterocycles. The van der Waals surface area contributed by atoms with E-state index in [-0.39, 0.29) is 24.5 Å². The fourth-order valence-corrected chi connectivity index (χ4v) is 5.53. The average Bonchev–Trinajstić information content (AvgIpc) is 3.37. The molecule has 0 spiro atoms. The second-order valence-corrected chi connectivity index (χ2v) is 11.1. The number of halogens is 1. The van der Waals surface area contributed by atoms with Crippen LogP contribution in [0.4, 0.5) is 4.39 Å². The molecule has 0 bridgehead atoms. The van der Waals surface area contributed by atoms with Gasteiger partial charge in [-0.2, -0.15) is 0 Å². The van der Waals surface area contributed by atoms with Crippen molar-refractivity contribution in [1.82, 2.24) is 19.4 Å². The van der Waals surface area contributed by atoms with Gasteiger partial charge in [0.05, 0.1) is 48.6 Å². The number of methoxy groups -OCH3 is 1. The number of aromatic nitrogens is 3. The van der Waals surface area contributed by atoms with Crippen LogP contribution in [0.5, 0.6) is 5.88 Å². The van der Waals surface area contributed by atoms with Crippen LogP contribution >= 0.6 is 0 Å². The molecule has 1 fully saturated rings. The standard InChI is InChI=1S/C34H35FN4O5/c1-3-31(40)23-7-8-25(27(35)17-23)21-44-33-6-4-5-28(37-33)22-11-14-38(15-12-22)20-32-36-29-10-9-24(34(41)42-2)18-30(29)39(32)19-26-13-16-43-26/h4-11,17-18,26H,3,12-16,19-21H2,1-2H3. The van der Waals surface area contributed by atoms with E-state index in [0.29, 0.717) is 42.1 Å². The van der Waals surface area contributed by atoms with Gasteiger partial charge in [0.25, 0.3) is 0 Å². The maximum Gasteiger partial charge on any atom is 0.337 e. The first kappa shape index (κ1) is 29.7. The van der Waals surface area contributed by atoms with Crippen LogP contribution < -0.4 is 4.74 Å². The second kappa shape index (κ2) is 13.1. The lowest BCUT2D eigenvalue weighted by molar-refractivity contribution is -0.0591. The number of pyridine rings is 1. The zero-order valence-corrected chi connectivity index (χ0v) is 24.9. The first-order valence-electron chi connectivity index (χ1n) is 14.9. The molecule has 0 amide bonds. The molecular weight excluding hydrogens is 563 g/mol. The SMILES string of the molecule is CCC(=O)c1ccc(COc2cccc(C3=CCN(Cc4nc5ccc(C(=O)OC)cc5n4CC4CCO4)CC3)n2)c(F)c1. The van der Waals surface area contributed by atoms with E-state index in [1.54, 1.807) is 31.2 Å². The Hall–Kier alpha value is -4.41. The number of rotatable bonds is 11. The molecule has 4 aromatic rings. The van der Waals surface area contributed by atoms with Gasteiger partial charge < -0.3 is 18.8 Å². The summed E-state index contributed by atoms with van der Waals surface area (Å²) in [4.78, 5) is 36.0. The van der Waals surface area contributed by atoms with Crippen LogP contribution in [0.25, 0.3) is 16.6 Å². The van der Waals surface area contributed by atoms with Gasteiger partial charge in [-0.25, -0.2) is 19.2 Å². The molecule has 1 unspecified atom stereocenters. The average molecular weight is 599 g/mol. The molecule has 1 saturated heterocycles. The van der Waals surface area contributed by atoms with Crippen molar-refractivity contribution in [1.29, 1.82) is 0 Å². The Morgan fingerprint density at radius 2 is 1.93 bits per heavy atom. The Labute approximate surface area is 255 Å². The maximum atomic E-state index is 14.5. The van der Waals surface area contributed by atoms with Crippen LogP contribution in [0.1, 0.15) is 64.0 Å². The van der Waals surface area contributed by atoms with Crippen LogP contribution in [0.3, 0.4) is 0 Å². The number of esters is 1. The number of imidazole rings is 1. The molecule has 9 nitrogen and oxygen atoms in total. The Kier molecular flexibility index (Phi) is 8.81. The van der Waals surface area contributed by atoms with Gasteiger partial charge in [0.2, 0.25) is 5.88 Å². The minimum Gasteiger partial charge on any atom is -0.473 e. The first-order valence-corrected chi connectivity index (χ1v) is 14.9. The minimum atomic E-state index is -0.465. The van der Waals surface area contributed by atoms with E-state index in [2.05, 4.69) is 20.5 Å². The molecule has 0 aliphatic carbocycles. The minimum absolute atomic E-state index is 0.0176. The highest BCUT2D eigenvalue weighted by Crippen LogP contribution is 2.27. The molecule has 228 valence electrons. The summed E-state index contributed by atoms with van der Waals surface area (Å²) in [5, 5.41) is 0. The Morgan fingerprint density at radius 1 is 1.09 bits per heavy atom. The third-order valence-corrected chi connectivity index (χ3v) is 8.21. The number of hydrogen-bond donors (Lipinski definition) is 0. The third kappa shape index (κ3) is 6.41. The van der Waals surface area contributed by atoms with Crippen LogP contribution in [-0.4, -0.2) is 64.1 Å². The van der Waals surface area contributed by atoms with Crippen LogP contribution in [0.2, 0.25) is 0 Å². The van der Waals surface area contributed by atoms with E-state index in [4.69, 9.17) is 19.2 Å². The van der Waals surface area contributed by atoms with Crippen LogP contribution in [0.15, 0.2) is 60.7 Å². The van der Waals surface area contributed by atoms with E-state index in [1.165, 1.54) is 13.2 Å². The van der Waals surface area contributed by atoms with Crippen molar-refractivity contribution in [3.63, 3.8) is 0 Å². The number of carbonyl (C=O) groups excluding carboxylic acids is 2. The summed E-state index contributed by atoms with van der Waals surface area (Å²) in [5.74, 6) is 0.414. The smallest absolute Gasteiger partial charge is 0.337 e. The van der Waals surface area contributed by atoms with E-state index in [9.17, 15) is 14.0 Å². The fourth-order valence-electron chi connectivity index (χ4n) is 5.53. The van der Waals surface area contributed by atoms with Crippen LogP contribution in [0, 0.1) is 5.82 Å². The Balaban J connectivity index is 1.13. The van der Waals surface area contributed by atoms with Gasteiger partial charge in [-0.1, -0.05) is 31.2 Å². The molecule has 10 heteroatoms. The quantitative estimate of drug-likeness (QED) is 0.163. The number of hydrogen-bond acceptors (Lipinski definition) is 8. The molecule has 2 aliphatic rings. The van der Waals surface area contributed by atoms with Crippen molar-refractivity contribution in [3.8, 4) is 5.88 Å². The van der Waals surface area contributed by atoms with E-state index >= 15 is 0 Å². The topological polar surface area (TPSA) is 95.8 Å². The summed E-state index contributed by atoms with van der Waals surface area (Å²) in [6.07, 6.45) is 4.45. The van der Waals surface area contributed by atoms with Crippen molar-refractivity contribution in [3.05, 3.63) is 94.7 Å². The molecule has 1 atom stereocenters. The largest absolute Gasteiger partial charge is 0.473 e. The monoisotopic (exact) mass is 598 g/mol. The van der Waals surface area contributed by atoms with Gasteiger partial charge in [0, 0.05) is 43.3 Å².